The summed E-state index contributed by atoms with van der Waals surface area (Å²) in [7, 11) is 0. The molecule has 74 valence electrons. The van der Waals surface area contributed by atoms with Gasteiger partial charge in [0, 0.05) is 0 Å². The maximum Gasteiger partial charge on any atom is 0.261 e. The average Bonchev–Trinajstić information content (AvgIpc) is 1.72. The molecule has 0 aromatic heterocycles. The molecule has 0 fully saturated rings. The summed E-state index contributed by atoms with van der Waals surface area (Å²) in [5, 5.41) is 4.48. The van der Waals surface area contributed by atoms with Gasteiger partial charge in [-0.15, -0.1) is 49.6 Å². The zero-order valence-electron chi connectivity index (χ0n) is 7.33. The lowest BCUT2D eigenvalue weighted by atomic mass is 10.9. The zero-order chi connectivity index (χ0) is 5.70. The molecule has 0 bridgehead atoms. The molecular weight excluding hydrogens is 241 g/mol. The zero-order valence-corrected chi connectivity index (χ0v) is 11.8. The van der Waals surface area contributed by atoms with Crippen molar-refractivity contribution in [3.05, 3.63) is 0 Å². The van der Waals surface area contributed by atoms with Gasteiger partial charge >= 0.3 is 0 Å². The van der Waals surface area contributed by atoms with Crippen LogP contribution in [0.1, 0.15) is 20.8 Å². The fraction of sp³-hybridized carbons (Fsp3) is 1.00. The van der Waals surface area contributed by atoms with Crippen LogP contribution in [0.15, 0.2) is 0 Å². The molecule has 0 saturated carbocycles. The summed E-state index contributed by atoms with van der Waals surface area (Å²) in [6.45, 7) is 6.97. The molecule has 0 unspecified atom stereocenters. The van der Waals surface area contributed by atoms with Gasteiger partial charge in [0.15, 0.2) is 0 Å². The highest BCUT2D eigenvalue weighted by Crippen LogP contribution is 2.01. The number of rotatable bonds is 3. The van der Waals surface area contributed by atoms with Crippen LogP contribution >= 0.6 is 49.6 Å². The molecule has 0 aliphatic rings. The molecule has 0 aromatic carbocycles. The van der Waals surface area contributed by atoms with Crippen LogP contribution in [0, 0.1) is 0 Å². The largest absolute Gasteiger partial charge is 0.261 e. The van der Waals surface area contributed by atoms with Gasteiger partial charge in [-0.2, -0.15) is 0 Å². The molecule has 0 aromatic rings. The van der Waals surface area contributed by atoms with Gasteiger partial charge in [-0.05, 0) is 0 Å². The lowest BCUT2D eigenvalue weighted by molar-refractivity contribution is 1.24. The molecule has 0 heterocycles. The van der Waals surface area contributed by atoms with Crippen LogP contribution in [-0.2, 0) is 0 Å². The Morgan fingerprint density at radius 2 is 0.818 bits per heavy atom. The summed E-state index contributed by atoms with van der Waals surface area (Å²) in [6.07, 6.45) is 0. The quantitative estimate of drug-likeness (QED) is 0.666. The minimum atomic E-state index is -0.171. The Labute approximate surface area is 99.9 Å². The van der Waals surface area contributed by atoms with Crippen LogP contribution in [0.4, 0.5) is 0 Å². The lowest BCUT2D eigenvalue weighted by Crippen LogP contribution is -2.04. The molecule has 0 nitrogen and oxygen atoms in total. The minimum Gasteiger partial charge on any atom is -0.147 e. The molecule has 0 amide bonds. The summed E-state index contributed by atoms with van der Waals surface area (Å²) in [4.78, 5) is 0. The van der Waals surface area contributed by atoms with E-state index in [1.165, 1.54) is 15.8 Å². The Bertz CT molecular complexity index is 36.1. The Morgan fingerprint density at radius 3 is 0.818 bits per heavy atom. The van der Waals surface area contributed by atoms with Crippen molar-refractivity contribution in [2.75, 3.05) is 0 Å². The van der Waals surface area contributed by atoms with Gasteiger partial charge in [0.1, 0.15) is 0 Å². The summed E-state index contributed by atoms with van der Waals surface area (Å²) >= 11 is -0.171. The van der Waals surface area contributed by atoms with E-state index in [0.29, 0.717) is 0 Å². The van der Waals surface area contributed by atoms with E-state index in [4.69, 9.17) is 0 Å². The van der Waals surface area contributed by atoms with Crippen molar-refractivity contribution in [1.82, 2.24) is 0 Å². The monoisotopic (exact) mass is 258 g/mol. The fourth-order valence-corrected chi connectivity index (χ4v) is 2.60. The molecular formula is C6H19AlCl4. The maximum absolute atomic E-state index is 2.32. The van der Waals surface area contributed by atoms with Crippen LogP contribution in [-0.4, -0.2) is 14.1 Å². The molecule has 0 spiro atoms. The fourth-order valence-electron chi connectivity index (χ4n) is 0.866. The van der Waals surface area contributed by atoms with Crippen LogP contribution < -0.4 is 0 Å². The topological polar surface area (TPSA) is 0 Å². The van der Waals surface area contributed by atoms with Crippen LogP contribution in [0.3, 0.4) is 0 Å². The maximum atomic E-state index is 2.32. The molecule has 0 atom stereocenters. The van der Waals surface area contributed by atoms with Crippen LogP contribution in [0.25, 0.3) is 0 Å². The van der Waals surface area contributed by atoms with Crippen molar-refractivity contribution in [3.63, 3.8) is 0 Å². The van der Waals surface area contributed by atoms with Crippen LogP contribution in [0.5, 0.6) is 0 Å². The highest BCUT2D eigenvalue weighted by atomic mass is 35.5. The minimum absolute atomic E-state index is 0. The van der Waals surface area contributed by atoms with E-state index < -0.39 is 0 Å². The van der Waals surface area contributed by atoms with Crippen molar-refractivity contribution in [3.8, 4) is 0 Å². The number of hydrogen-bond donors (Lipinski definition) is 0. The number of hydrogen-bond acceptors (Lipinski definition) is 0. The lowest BCUT2D eigenvalue weighted by Gasteiger charge is -1.97. The van der Waals surface area contributed by atoms with E-state index in [1.807, 2.05) is 0 Å². The van der Waals surface area contributed by atoms with Crippen molar-refractivity contribution in [2.24, 2.45) is 0 Å². The van der Waals surface area contributed by atoms with Crippen molar-refractivity contribution < 1.29 is 0 Å². The summed E-state index contributed by atoms with van der Waals surface area (Å²) in [5.74, 6) is 0. The first-order valence-electron chi connectivity index (χ1n) is 3.35. The first-order chi connectivity index (χ1) is 3.35. The molecule has 0 rings (SSSR count). The predicted molar refractivity (Wildman–Crippen MR) is 66.2 cm³/mol. The Hall–Kier alpha value is 1.69. The van der Waals surface area contributed by atoms with Gasteiger partial charge in [-0.1, -0.05) is 36.6 Å². The van der Waals surface area contributed by atoms with E-state index in [2.05, 4.69) is 20.8 Å². The molecule has 0 aliphatic heterocycles. The summed E-state index contributed by atoms with van der Waals surface area (Å²) < 4.78 is 0. The normalized spacial score (nSPS) is 5.73. The van der Waals surface area contributed by atoms with Crippen molar-refractivity contribution in [2.45, 2.75) is 36.6 Å². The van der Waals surface area contributed by atoms with E-state index >= 15 is 0 Å². The van der Waals surface area contributed by atoms with Gasteiger partial charge in [-0.3, -0.25) is 0 Å². The third kappa shape index (κ3) is 18.6. The number of halogens is 4. The summed E-state index contributed by atoms with van der Waals surface area (Å²) in [5.41, 5.74) is 0. The average molecular weight is 260 g/mol. The second kappa shape index (κ2) is 22.6. The van der Waals surface area contributed by atoms with Gasteiger partial charge in [0.2, 0.25) is 0 Å². The van der Waals surface area contributed by atoms with E-state index in [0.717, 1.165) is 0 Å². The van der Waals surface area contributed by atoms with E-state index in [1.54, 1.807) is 0 Å². The van der Waals surface area contributed by atoms with Gasteiger partial charge in [0.25, 0.3) is 14.1 Å². The van der Waals surface area contributed by atoms with Gasteiger partial charge in [-0.25, -0.2) is 0 Å². The first kappa shape index (κ1) is 29.3. The highest BCUT2D eigenvalue weighted by Gasteiger charge is 2.05. The molecule has 0 radical (unpaired) electrons. The highest BCUT2D eigenvalue weighted by molar-refractivity contribution is 6.58. The Kier molecular flexibility index (Phi) is 60.2. The molecule has 11 heavy (non-hydrogen) atoms. The van der Waals surface area contributed by atoms with Crippen molar-refractivity contribution in [1.29, 1.82) is 0 Å². The molecule has 0 N–H and O–H groups in total. The van der Waals surface area contributed by atoms with Crippen molar-refractivity contribution >= 4 is 63.8 Å². The molecule has 0 aliphatic carbocycles. The SMILES string of the molecule is C[CH2][Al]([CH2]C)[CH2]C.Cl.Cl.Cl.Cl. The van der Waals surface area contributed by atoms with Gasteiger partial charge < -0.3 is 0 Å². The second-order valence-electron chi connectivity index (χ2n) is 2.09. The first-order valence-corrected chi connectivity index (χ1v) is 5.80. The molecule has 5 heteroatoms. The Balaban J connectivity index is -0.0000000300. The second-order valence-corrected chi connectivity index (χ2v) is 6.27. The molecule has 0 saturated heterocycles. The van der Waals surface area contributed by atoms with Crippen LogP contribution in [0.2, 0.25) is 15.8 Å². The smallest absolute Gasteiger partial charge is 0.147 e. The predicted octanol–water partition coefficient (Wildman–Crippen LogP) is 4.23. The summed E-state index contributed by atoms with van der Waals surface area (Å²) in [6, 6.07) is 0. The Morgan fingerprint density at radius 1 is 0.636 bits per heavy atom. The van der Waals surface area contributed by atoms with E-state index in [9.17, 15) is 0 Å². The van der Waals surface area contributed by atoms with Gasteiger partial charge in [0.05, 0.1) is 0 Å². The van der Waals surface area contributed by atoms with E-state index in [-0.39, 0.29) is 63.8 Å². The standard InChI is InChI=1S/3C2H5.Al.4ClH/c3*1-2;;;;;/h3*1H2,2H3;;4*1H. The third-order valence-corrected chi connectivity index (χ3v) is 5.20. The third-order valence-electron chi connectivity index (χ3n) is 1.73.